The summed E-state index contributed by atoms with van der Waals surface area (Å²) in [5.74, 6) is 0.939. The van der Waals surface area contributed by atoms with Gasteiger partial charge in [0.15, 0.2) is 11.5 Å². The number of alkyl halides is 3. The van der Waals surface area contributed by atoms with Crippen molar-refractivity contribution < 1.29 is 32.2 Å². The first-order valence-electron chi connectivity index (χ1n) is 9.66. The highest BCUT2D eigenvalue weighted by atomic mass is 19.4. The largest absolute Gasteiger partial charge is 0.493 e. The Morgan fingerprint density at radius 2 is 1.63 bits per heavy atom. The first-order chi connectivity index (χ1) is 14.4. The number of hydrogen-bond donors (Lipinski definition) is 1. The summed E-state index contributed by atoms with van der Waals surface area (Å²) in [6.45, 7) is 1.39. The second kappa shape index (κ2) is 8.30. The molecule has 0 aliphatic carbocycles. The minimum Gasteiger partial charge on any atom is -0.493 e. The van der Waals surface area contributed by atoms with Crippen molar-refractivity contribution in [2.24, 2.45) is 0 Å². The molecule has 8 heteroatoms. The van der Waals surface area contributed by atoms with Gasteiger partial charge in [0.25, 0.3) is 0 Å². The molecule has 5 nitrogen and oxygen atoms in total. The van der Waals surface area contributed by atoms with Crippen molar-refractivity contribution in [2.75, 3.05) is 25.1 Å². The Morgan fingerprint density at radius 1 is 0.900 bits per heavy atom. The molecule has 0 radical (unpaired) electrons. The summed E-state index contributed by atoms with van der Waals surface area (Å²) in [6.07, 6.45) is -1.15. The van der Waals surface area contributed by atoms with Crippen molar-refractivity contribution in [3.8, 4) is 17.2 Å². The van der Waals surface area contributed by atoms with E-state index in [1.54, 1.807) is 18.2 Å². The third-order valence-corrected chi connectivity index (χ3v) is 4.82. The zero-order valence-corrected chi connectivity index (χ0v) is 16.1. The molecule has 1 amide bonds. The highest BCUT2D eigenvalue weighted by Crippen LogP contribution is 2.38. The summed E-state index contributed by atoms with van der Waals surface area (Å²) in [6, 6.07) is 8.48. The lowest BCUT2D eigenvalue weighted by Crippen LogP contribution is -2.09. The summed E-state index contributed by atoms with van der Waals surface area (Å²) in [5, 5.41) is 2.77. The minimum absolute atomic E-state index is 0.136. The molecule has 158 valence electrons. The zero-order valence-electron chi connectivity index (χ0n) is 16.1. The maximum absolute atomic E-state index is 13.0. The fourth-order valence-electron chi connectivity index (χ4n) is 3.39. The van der Waals surface area contributed by atoms with Crippen LogP contribution in [0.3, 0.4) is 0 Å². The molecule has 0 aromatic heterocycles. The van der Waals surface area contributed by atoms with E-state index in [-0.39, 0.29) is 18.3 Å². The van der Waals surface area contributed by atoms with Gasteiger partial charge in [-0.05, 0) is 42.7 Å². The van der Waals surface area contributed by atoms with Crippen LogP contribution in [-0.4, -0.2) is 25.7 Å². The number of carbonyl (C=O) groups excluding carboxylic acids is 1. The highest BCUT2D eigenvalue weighted by Gasteiger charge is 2.32. The maximum Gasteiger partial charge on any atom is 0.416 e. The van der Waals surface area contributed by atoms with Crippen LogP contribution < -0.4 is 19.5 Å². The molecule has 4 rings (SSSR count). The Bertz CT molecular complexity index is 985. The van der Waals surface area contributed by atoms with Crippen LogP contribution in [0.15, 0.2) is 42.5 Å². The van der Waals surface area contributed by atoms with Crippen LogP contribution in [0.4, 0.5) is 18.9 Å². The van der Waals surface area contributed by atoms with Crippen molar-refractivity contribution in [1.29, 1.82) is 0 Å². The van der Waals surface area contributed by atoms with E-state index in [4.69, 9.17) is 14.2 Å². The van der Waals surface area contributed by atoms with Crippen LogP contribution >= 0.6 is 0 Å². The van der Waals surface area contributed by atoms with E-state index in [1.165, 1.54) is 12.1 Å². The molecule has 0 saturated heterocycles. The number of anilines is 1. The van der Waals surface area contributed by atoms with E-state index in [1.807, 2.05) is 0 Å². The molecule has 0 unspecified atom stereocenters. The van der Waals surface area contributed by atoms with Gasteiger partial charge < -0.3 is 19.5 Å². The number of fused-ring (bicyclic) bond motifs is 2. The van der Waals surface area contributed by atoms with Crippen molar-refractivity contribution in [2.45, 2.75) is 25.4 Å². The predicted molar refractivity (Wildman–Crippen MR) is 105 cm³/mol. The Morgan fingerprint density at radius 3 is 2.43 bits per heavy atom. The summed E-state index contributed by atoms with van der Waals surface area (Å²) >= 11 is 0. The van der Waals surface area contributed by atoms with Gasteiger partial charge in [-0.2, -0.15) is 13.2 Å². The summed E-state index contributed by atoms with van der Waals surface area (Å²) in [7, 11) is 0. The van der Waals surface area contributed by atoms with Crippen LogP contribution in [0.5, 0.6) is 17.2 Å². The average molecular weight is 419 g/mol. The SMILES string of the molecule is O=C(/C=C1\CCCOc2cc(C(F)(F)F)ccc21)Nc1ccc2c(c1)OCCCO2. The summed E-state index contributed by atoms with van der Waals surface area (Å²) in [4.78, 5) is 12.6. The van der Waals surface area contributed by atoms with Gasteiger partial charge >= 0.3 is 6.18 Å². The lowest BCUT2D eigenvalue weighted by molar-refractivity contribution is -0.137. The van der Waals surface area contributed by atoms with E-state index in [0.29, 0.717) is 54.4 Å². The van der Waals surface area contributed by atoms with Crippen molar-refractivity contribution in [1.82, 2.24) is 0 Å². The molecule has 30 heavy (non-hydrogen) atoms. The van der Waals surface area contributed by atoms with Crippen molar-refractivity contribution >= 4 is 17.2 Å². The smallest absolute Gasteiger partial charge is 0.416 e. The number of ether oxygens (including phenoxy) is 3. The molecule has 2 aliphatic rings. The third kappa shape index (κ3) is 4.53. The lowest BCUT2D eigenvalue weighted by atomic mass is 9.99. The number of amides is 1. The average Bonchev–Trinajstić information content (AvgIpc) is 3.05. The molecule has 2 heterocycles. The number of halogens is 3. The number of benzene rings is 2. The normalized spacial score (nSPS) is 17.4. The molecule has 0 fully saturated rings. The van der Waals surface area contributed by atoms with E-state index in [2.05, 4.69) is 5.32 Å². The van der Waals surface area contributed by atoms with Crippen molar-refractivity contribution in [3.63, 3.8) is 0 Å². The van der Waals surface area contributed by atoms with Gasteiger partial charge in [0.05, 0.1) is 25.4 Å². The Kier molecular flexibility index (Phi) is 5.57. The first kappa shape index (κ1) is 20.1. The van der Waals surface area contributed by atoms with E-state index < -0.39 is 11.7 Å². The van der Waals surface area contributed by atoms with Crippen LogP contribution in [-0.2, 0) is 11.0 Å². The Balaban J connectivity index is 1.56. The van der Waals surface area contributed by atoms with E-state index in [0.717, 1.165) is 18.6 Å². The van der Waals surface area contributed by atoms with Gasteiger partial charge in [-0.3, -0.25) is 4.79 Å². The van der Waals surface area contributed by atoms with E-state index in [9.17, 15) is 18.0 Å². The van der Waals surface area contributed by atoms with Crippen LogP contribution in [0.2, 0.25) is 0 Å². The molecule has 1 N–H and O–H groups in total. The van der Waals surface area contributed by atoms with Gasteiger partial charge in [0.1, 0.15) is 5.75 Å². The van der Waals surface area contributed by atoms with Gasteiger partial charge in [-0.25, -0.2) is 0 Å². The maximum atomic E-state index is 13.0. The Hall–Kier alpha value is -3.16. The van der Waals surface area contributed by atoms with Gasteiger partial charge in [-0.1, -0.05) is 6.07 Å². The van der Waals surface area contributed by atoms with Gasteiger partial charge in [0.2, 0.25) is 5.91 Å². The molecule has 2 aliphatic heterocycles. The number of nitrogens with one attached hydrogen (secondary N) is 1. The van der Waals surface area contributed by atoms with Crippen molar-refractivity contribution in [3.05, 3.63) is 53.6 Å². The molecule has 0 atom stereocenters. The van der Waals surface area contributed by atoms with Crippen LogP contribution in [0.25, 0.3) is 5.57 Å². The predicted octanol–water partition coefficient (Wildman–Crippen LogP) is 5.06. The second-order valence-electron chi connectivity index (χ2n) is 7.03. The zero-order chi connectivity index (χ0) is 21.1. The highest BCUT2D eigenvalue weighted by molar-refractivity contribution is 6.04. The lowest BCUT2D eigenvalue weighted by Gasteiger charge is -2.13. The molecule has 0 spiro atoms. The fraction of sp³-hybridized carbons (Fsp3) is 0.318. The topological polar surface area (TPSA) is 56.8 Å². The Labute approximate surface area is 171 Å². The van der Waals surface area contributed by atoms with Crippen LogP contribution in [0, 0.1) is 0 Å². The summed E-state index contributed by atoms with van der Waals surface area (Å²) in [5.41, 5.74) is 0.884. The molecular weight excluding hydrogens is 399 g/mol. The number of rotatable bonds is 2. The standard InChI is InChI=1S/C22H20F3NO4/c23-22(24,25)15-4-6-17-14(3-1-8-29-19(17)12-15)11-21(27)26-16-5-7-18-20(13-16)30-10-2-9-28-18/h4-7,11-13H,1-3,8-10H2,(H,26,27)/b14-11+. The number of hydrogen-bond acceptors (Lipinski definition) is 4. The van der Waals surface area contributed by atoms with Gasteiger partial charge in [0, 0.05) is 29.8 Å². The second-order valence-corrected chi connectivity index (χ2v) is 7.03. The molecule has 0 bridgehead atoms. The molecular formula is C22H20F3NO4. The van der Waals surface area contributed by atoms with Crippen LogP contribution in [0.1, 0.15) is 30.4 Å². The van der Waals surface area contributed by atoms with Gasteiger partial charge in [-0.15, -0.1) is 0 Å². The minimum atomic E-state index is -4.46. The van der Waals surface area contributed by atoms with E-state index >= 15 is 0 Å². The monoisotopic (exact) mass is 419 g/mol. The summed E-state index contributed by atoms with van der Waals surface area (Å²) < 4.78 is 55.7. The first-order valence-corrected chi connectivity index (χ1v) is 9.66. The quantitative estimate of drug-likeness (QED) is 0.692. The number of allylic oxidation sites excluding steroid dienone is 1. The number of carbonyl (C=O) groups is 1. The molecule has 2 aromatic rings. The molecule has 2 aromatic carbocycles. The molecule has 0 saturated carbocycles. The third-order valence-electron chi connectivity index (χ3n) is 4.82. The fourth-order valence-corrected chi connectivity index (χ4v) is 3.39.